The fraction of sp³-hybridized carbons (Fsp3) is 0.0769. The Hall–Kier alpha value is -1.63. The fourth-order valence-corrected chi connectivity index (χ4v) is 3.27. The Morgan fingerprint density at radius 2 is 1.90 bits per heavy atom. The van der Waals surface area contributed by atoms with E-state index >= 15 is 0 Å². The van der Waals surface area contributed by atoms with Crippen LogP contribution in [0.5, 0.6) is 0 Å². The van der Waals surface area contributed by atoms with Gasteiger partial charge in [0.15, 0.2) is 0 Å². The molecule has 0 saturated carbocycles. The van der Waals surface area contributed by atoms with Crippen molar-refractivity contribution in [1.82, 2.24) is 0 Å². The zero-order chi connectivity index (χ0) is 14.8. The van der Waals surface area contributed by atoms with Gasteiger partial charge in [-0.05, 0) is 29.8 Å². The van der Waals surface area contributed by atoms with E-state index in [0.717, 1.165) is 12.1 Å². The topological polar surface area (TPSA) is 72.2 Å². The minimum absolute atomic E-state index is 0.0572. The van der Waals surface area contributed by atoms with E-state index in [0.29, 0.717) is 5.56 Å². The number of hydrogen-bond donors (Lipinski definition) is 2. The third-order valence-electron chi connectivity index (χ3n) is 2.60. The van der Waals surface area contributed by atoms with Gasteiger partial charge in [0, 0.05) is 11.6 Å². The summed E-state index contributed by atoms with van der Waals surface area (Å²) < 4.78 is 40.0. The maximum Gasteiger partial charge on any atom is 0.262 e. The highest BCUT2D eigenvalue weighted by Gasteiger charge is 2.18. The minimum Gasteiger partial charge on any atom is -0.326 e. The monoisotopic (exact) mass is 314 g/mol. The molecule has 0 bridgehead atoms. The number of halogens is 2. The van der Waals surface area contributed by atoms with E-state index in [2.05, 4.69) is 4.72 Å². The van der Waals surface area contributed by atoms with Gasteiger partial charge in [-0.2, -0.15) is 0 Å². The van der Waals surface area contributed by atoms with Gasteiger partial charge in [0.05, 0.1) is 10.6 Å². The molecule has 0 fully saturated rings. The molecule has 0 radical (unpaired) electrons. The van der Waals surface area contributed by atoms with Crippen molar-refractivity contribution in [3.63, 3.8) is 0 Å². The highest BCUT2D eigenvalue weighted by molar-refractivity contribution is 7.92. The molecule has 0 spiro atoms. The normalized spacial score (nSPS) is 11.3. The summed E-state index contributed by atoms with van der Waals surface area (Å²) in [5, 5.41) is 0.106. The second kappa shape index (κ2) is 5.78. The molecule has 0 aliphatic rings. The summed E-state index contributed by atoms with van der Waals surface area (Å²) in [5.74, 6) is -0.623. The van der Waals surface area contributed by atoms with Gasteiger partial charge in [-0.3, -0.25) is 4.72 Å². The third-order valence-corrected chi connectivity index (χ3v) is 4.30. The van der Waals surface area contributed by atoms with E-state index in [1.807, 2.05) is 0 Å². The van der Waals surface area contributed by atoms with Crippen LogP contribution in [0.4, 0.5) is 10.1 Å². The number of hydrogen-bond acceptors (Lipinski definition) is 3. The lowest BCUT2D eigenvalue weighted by Crippen LogP contribution is -2.16. The largest absolute Gasteiger partial charge is 0.326 e. The van der Waals surface area contributed by atoms with Crippen LogP contribution in [0.3, 0.4) is 0 Å². The highest BCUT2D eigenvalue weighted by Crippen LogP contribution is 2.23. The quantitative estimate of drug-likeness (QED) is 0.911. The standard InChI is InChI=1S/C13H12ClFN2O2S/c14-10-5-11(15)7-12(6-10)17-20(18,19)13-4-2-1-3-9(13)8-16/h1-7,17H,8,16H2. The van der Waals surface area contributed by atoms with Crippen molar-refractivity contribution in [3.05, 3.63) is 58.9 Å². The molecule has 106 valence electrons. The Balaban J connectivity index is 2.41. The Bertz CT molecular complexity index is 715. The van der Waals surface area contributed by atoms with Crippen molar-refractivity contribution < 1.29 is 12.8 Å². The van der Waals surface area contributed by atoms with E-state index in [1.165, 1.54) is 12.1 Å². The van der Waals surface area contributed by atoms with E-state index in [1.54, 1.807) is 18.2 Å². The van der Waals surface area contributed by atoms with E-state index in [-0.39, 0.29) is 22.2 Å². The summed E-state index contributed by atoms with van der Waals surface area (Å²) in [4.78, 5) is 0.0582. The first-order valence-electron chi connectivity index (χ1n) is 5.69. The van der Waals surface area contributed by atoms with Crippen LogP contribution in [0.15, 0.2) is 47.4 Å². The van der Waals surface area contributed by atoms with Crippen molar-refractivity contribution in [3.8, 4) is 0 Å². The Morgan fingerprint density at radius 1 is 1.20 bits per heavy atom. The van der Waals surface area contributed by atoms with Crippen molar-refractivity contribution in [2.24, 2.45) is 5.73 Å². The number of nitrogens with two attached hydrogens (primary N) is 1. The van der Waals surface area contributed by atoms with Gasteiger partial charge in [0.2, 0.25) is 0 Å². The molecule has 0 atom stereocenters. The summed E-state index contributed by atoms with van der Waals surface area (Å²) in [6, 6.07) is 9.81. The molecular formula is C13H12ClFN2O2S. The number of rotatable bonds is 4. The van der Waals surface area contributed by atoms with Crippen LogP contribution in [-0.4, -0.2) is 8.42 Å². The molecule has 3 N–H and O–H groups in total. The number of nitrogens with one attached hydrogen (secondary N) is 1. The number of benzene rings is 2. The lowest BCUT2D eigenvalue weighted by Gasteiger charge is -2.11. The van der Waals surface area contributed by atoms with Crippen molar-refractivity contribution in [2.75, 3.05) is 4.72 Å². The first kappa shape index (κ1) is 14.8. The predicted molar refractivity (Wildman–Crippen MR) is 76.6 cm³/mol. The summed E-state index contributed by atoms with van der Waals surface area (Å²) in [6.45, 7) is 0.0843. The Kier molecular flexibility index (Phi) is 4.27. The Morgan fingerprint density at radius 3 is 2.55 bits per heavy atom. The first-order chi connectivity index (χ1) is 9.42. The van der Waals surface area contributed by atoms with Gasteiger partial charge in [-0.15, -0.1) is 0 Å². The SMILES string of the molecule is NCc1ccccc1S(=O)(=O)Nc1cc(F)cc(Cl)c1. The zero-order valence-corrected chi connectivity index (χ0v) is 11.9. The van der Waals surface area contributed by atoms with Crippen molar-refractivity contribution >= 4 is 27.3 Å². The predicted octanol–water partition coefficient (Wildman–Crippen LogP) is 2.74. The Labute approximate surface area is 121 Å². The molecule has 2 rings (SSSR count). The molecule has 0 heterocycles. The van der Waals surface area contributed by atoms with Crippen molar-refractivity contribution in [1.29, 1.82) is 0 Å². The molecule has 0 aliphatic carbocycles. The molecule has 0 aromatic heterocycles. The van der Waals surface area contributed by atoms with Gasteiger partial charge < -0.3 is 5.73 Å². The van der Waals surface area contributed by atoms with Crippen LogP contribution >= 0.6 is 11.6 Å². The smallest absolute Gasteiger partial charge is 0.262 e. The number of sulfonamides is 1. The minimum atomic E-state index is -3.84. The van der Waals surface area contributed by atoms with Gasteiger partial charge in [-0.25, -0.2) is 12.8 Å². The molecule has 0 aliphatic heterocycles. The van der Waals surface area contributed by atoms with Gasteiger partial charge >= 0.3 is 0 Å². The third kappa shape index (κ3) is 3.27. The number of anilines is 1. The molecule has 2 aromatic carbocycles. The van der Waals surface area contributed by atoms with Crippen LogP contribution in [0.1, 0.15) is 5.56 Å². The molecule has 4 nitrogen and oxygen atoms in total. The molecule has 0 saturated heterocycles. The molecular weight excluding hydrogens is 303 g/mol. The lowest BCUT2D eigenvalue weighted by atomic mass is 10.2. The molecule has 2 aromatic rings. The second-order valence-electron chi connectivity index (χ2n) is 4.08. The summed E-state index contributed by atoms with van der Waals surface area (Å²) >= 11 is 5.69. The van der Waals surface area contributed by atoms with Crippen LogP contribution in [0.25, 0.3) is 0 Å². The van der Waals surface area contributed by atoms with Crippen LogP contribution in [0.2, 0.25) is 5.02 Å². The second-order valence-corrected chi connectivity index (χ2v) is 6.16. The van der Waals surface area contributed by atoms with Gasteiger partial charge in [0.1, 0.15) is 5.82 Å². The molecule has 0 unspecified atom stereocenters. The molecule has 0 amide bonds. The maximum atomic E-state index is 13.2. The summed E-state index contributed by atoms with van der Waals surface area (Å²) in [7, 11) is -3.84. The molecule has 20 heavy (non-hydrogen) atoms. The van der Waals surface area contributed by atoms with E-state index < -0.39 is 15.8 Å². The van der Waals surface area contributed by atoms with Crippen molar-refractivity contribution in [2.45, 2.75) is 11.4 Å². The zero-order valence-electron chi connectivity index (χ0n) is 10.3. The van der Waals surface area contributed by atoms with E-state index in [9.17, 15) is 12.8 Å². The van der Waals surface area contributed by atoms with Crippen LogP contribution in [-0.2, 0) is 16.6 Å². The van der Waals surface area contributed by atoms with Crippen LogP contribution < -0.4 is 10.5 Å². The average molecular weight is 315 g/mol. The average Bonchev–Trinajstić information content (AvgIpc) is 2.36. The fourth-order valence-electron chi connectivity index (χ4n) is 1.76. The van der Waals surface area contributed by atoms with Gasteiger partial charge in [-0.1, -0.05) is 29.8 Å². The maximum absolute atomic E-state index is 13.2. The first-order valence-corrected chi connectivity index (χ1v) is 7.55. The summed E-state index contributed by atoms with van der Waals surface area (Å²) in [5.41, 5.74) is 6.05. The van der Waals surface area contributed by atoms with Crippen LogP contribution in [0, 0.1) is 5.82 Å². The van der Waals surface area contributed by atoms with Gasteiger partial charge in [0.25, 0.3) is 10.0 Å². The summed E-state index contributed by atoms with van der Waals surface area (Å²) in [6.07, 6.45) is 0. The van der Waals surface area contributed by atoms with E-state index in [4.69, 9.17) is 17.3 Å². The highest BCUT2D eigenvalue weighted by atomic mass is 35.5. The molecule has 7 heteroatoms. The lowest BCUT2D eigenvalue weighted by molar-refractivity contribution is 0.600.